The lowest BCUT2D eigenvalue weighted by Gasteiger charge is -2.14. The van der Waals surface area contributed by atoms with Crippen molar-refractivity contribution in [3.8, 4) is 11.5 Å². The summed E-state index contributed by atoms with van der Waals surface area (Å²) in [6.07, 6.45) is 1.95. The first-order valence-corrected chi connectivity index (χ1v) is 7.77. The van der Waals surface area contributed by atoms with Crippen molar-refractivity contribution in [3.63, 3.8) is 0 Å². The molecule has 0 saturated carbocycles. The highest BCUT2D eigenvalue weighted by molar-refractivity contribution is 7.98. The third-order valence-electron chi connectivity index (χ3n) is 2.83. The Hall–Kier alpha value is -2.14. The van der Waals surface area contributed by atoms with Crippen LogP contribution in [0.25, 0.3) is 0 Å². The maximum Gasteiger partial charge on any atom is 0.131 e. The van der Waals surface area contributed by atoms with E-state index in [4.69, 9.17) is 20.6 Å². The average molecular weight is 302 g/mol. The van der Waals surface area contributed by atoms with Crippen LogP contribution in [0, 0.1) is 5.41 Å². The molecule has 4 nitrogen and oxygen atoms in total. The second-order valence-electron chi connectivity index (χ2n) is 4.26. The van der Waals surface area contributed by atoms with E-state index in [9.17, 15) is 0 Å². The van der Waals surface area contributed by atoms with Crippen LogP contribution in [0.1, 0.15) is 5.56 Å². The molecule has 2 rings (SSSR count). The predicted molar refractivity (Wildman–Crippen MR) is 86.7 cm³/mol. The Morgan fingerprint density at radius 3 is 2.43 bits per heavy atom. The highest BCUT2D eigenvalue weighted by Crippen LogP contribution is 2.28. The molecule has 0 aliphatic heterocycles. The normalized spacial score (nSPS) is 10.1. The minimum absolute atomic E-state index is 0.0129. The van der Waals surface area contributed by atoms with Crippen LogP contribution < -0.4 is 15.2 Å². The molecule has 0 radical (unpaired) electrons. The van der Waals surface area contributed by atoms with Crippen LogP contribution >= 0.6 is 11.8 Å². The van der Waals surface area contributed by atoms with Gasteiger partial charge in [0.15, 0.2) is 0 Å². The number of nitrogens with two attached hydrogens (primary N) is 1. The minimum Gasteiger partial charge on any atom is -0.490 e. The van der Waals surface area contributed by atoms with Crippen LogP contribution in [0.15, 0.2) is 53.4 Å². The number of rotatable bonds is 7. The van der Waals surface area contributed by atoms with Crippen molar-refractivity contribution in [3.05, 3.63) is 54.1 Å². The maximum atomic E-state index is 7.69. The average Bonchev–Trinajstić information content (AvgIpc) is 2.52. The van der Waals surface area contributed by atoms with Gasteiger partial charge in [0.2, 0.25) is 0 Å². The topological polar surface area (TPSA) is 68.3 Å². The van der Waals surface area contributed by atoms with Crippen molar-refractivity contribution < 1.29 is 9.47 Å². The van der Waals surface area contributed by atoms with E-state index in [-0.39, 0.29) is 5.84 Å². The molecule has 0 unspecified atom stereocenters. The summed E-state index contributed by atoms with van der Waals surface area (Å²) in [5.41, 5.74) is 6.29. The van der Waals surface area contributed by atoms with Gasteiger partial charge in [0, 0.05) is 4.90 Å². The van der Waals surface area contributed by atoms with Crippen LogP contribution in [0.5, 0.6) is 11.5 Å². The maximum absolute atomic E-state index is 7.69. The van der Waals surface area contributed by atoms with E-state index >= 15 is 0 Å². The van der Waals surface area contributed by atoms with E-state index in [1.807, 2.05) is 54.8 Å². The molecule has 0 aliphatic carbocycles. The fourth-order valence-electron chi connectivity index (χ4n) is 1.89. The molecule has 2 aromatic carbocycles. The first kappa shape index (κ1) is 15.3. The summed E-state index contributed by atoms with van der Waals surface area (Å²) in [4.78, 5) is 0.934. The smallest absolute Gasteiger partial charge is 0.131 e. The molecule has 0 heterocycles. The van der Waals surface area contributed by atoms with Gasteiger partial charge in [-0.05, 0) is 30.5 Å². The van der Waals surface area contributed by atoms with Gasteiger partial charge >= 0.3 is 0 Å². The molecule has 0 spiro atoms. The molecule has 0 amide bonds. The molecule has 3 N–H and O–H groups in total. The fourth-order valence-corrected chi connectivity index (χ4v) is 2.52. The van der Waals surface area contributed by atoms with Crippen molar-refractivity contribution in [1.82, 2.24) is 0 Å². The quantitative estimate of drug-likeness (QED) is 0.357. The van der Waals surface area contributed by atoms with Crippen LogP contribution in [0.2, 0.25) is 0 Å². The highest BCUT2D eigenvalue weighted by atomic mass is 32.2. The van der Waals surface area contributed by atoms with Gasteiger partial charge in [-0.3, -0.25) is 5.41 Å². The second kappa shape index (κ2) is 7.59. The molecule has 0 fully saturated rings. The monoisotopic (exact) mass is 302 g/mol. The van der Waals surface area contributed by atoms with Gasteiger partial charge in [0.1, 0.15) is 30.5 Å². The van der Waals surface area contributed by atoms with E-state index in [0.29, 0.717) is 24.5 Å². The molecule has 0 atom stereocenters. The largest absolute Gasteiger partial charge is 0.490 e. The first-order valence-electron chi connectivity index (χ1n) is 6.54. The number of nitrogens with one attached hydrogen (secondary N) is 1. The van der Waals surface area contributed by atoms with Gasteiger partial charge in [0.05, 0.1) is 5.56 Å². The van der Waals surface area contributed by atoms with Crippen LogP contribution in [0.4, 0.5) is 0 Å². The van der Waals surface area contributed by atoms with Crippen LogP contribution in [-0.2, 0) is 0 Å². The van der Waals surface area contributed by atoms with Gasteiger partial charge in [-0.1, -0.05) is 24.3 Å². The zero-order chi connectivity index (χ0) is 15.1. The Balaban J connectivity index is 1.95. The van der Waals surface area contributed by atoms with Gasteiger partial charge in [-0.15, -0.1) is 11.8 Å². The first-order chi connectivity index (χ1) is 10.2. The molecule has 0 aromatic heterocycles. The fraction of sp³-hybridized carbons (Fsp3) is 0.188. The number of ether oxygens (including phenoxy) is 2. The third-order valence-corrected chi connectivity index (χ3v) is 3.61. The Labute approximate surface area is 128 Å². The Morgan fingerprint density at radius 2 is 1.76 bits per heavy atom. The molecule has 2 aromatic rings. The van der Waals surface area contributed by atoms with Crippen molar-refractivity contribution >= 4 is 17.6 Å². The lowest BCUT2D eigenvalue weighted by Crippen LogP contribution is -2.16. The SMILES string of the molecule is CSc1cccc(OCCOc2ccccc2)c1C(=N)N. The standard InChI is InChI=1S/C16H18N2O2S/c1-21-14-9-5-8-13(15(14)16(17)18)20-11-10-19-12-6-3-2-4-7-12/h2-9H,10-11H2,1H3,(H3,17,18). The summed E-state index contributed by atoms with van der Waals surface area (Å²) in [6, 6.07) is 15.2. The van der Waals surface area contributed by atoms with Crippen molar-refractivity contribution in [1.29, 1.82) is 5.41 Å². The minimum atomic E-state index is 0.0129. The summed E-state index contributed by atoms with van der Waals surface area (Å²) in [6.45, 7) is 0.831. The number of hydrogen-bond acceptors (Lipinski definition) is 4. The molecular formula is C16H18N2O2S. The van der Waals surface area contributed by atoms with Gasteiger partial charge in [-0.2, -0.15) is 0 Å². The molecule has 5 heteroatoms. The van der Waals surface area contributed by atoms with E-state index in [1.54, 1.807) is 11.8 Å². The molecule has 0 aliphatic rings. The molecule has 0 bridgehead atoms. The molecule has 110 valence electrons. The van der Waals surface area contributed by atoms with Gasteiger partial charge in [0.25, 0.3) is 0 Å². The van der Waals surface area contributed by atoms with Gasteiger partial charge in [-0.25, -0.2) is 0 Å². The highest BCUT2D eigenvalue weighted by Gasteiger charge is 2.11. The number of thioether (sulfide) groups is 1. The number of amidine groups is 1. The second-order valence-corrected chi connectivity index (χ2v) is 5.11. The number of hydrogen-bond donors (Lipinski definition) is 2. The molecule has 21 heavy (non-hydrogen) atoms. The van der Waals surface area contributed by atoms with Gasteiger partial charge < -0.3 is 15.2 Å². The van der Waals surface area contributed by atoms with E-state index in [1.165, 1.54) is 0 Å². The third kappa shape index (κ3) is 4.16. The van der Waals surface area contributed by atoms with E-state index in [0.717, 1.165) is 10.6 Å². The van der Waals surface area contributed by atoms with Crippen molar-refractivity contribution in [2.75, 3.05) is 19.5 Å². The zero-order valence-electron chi connectivity index (χ0n) is 11.8. The van der Waals surface area contributed by atoms with Crippen molar-refractivity contribution in [2.45, 2.75) is 4.90 Å². The Bertz CT molecular complexity index is 602. The number of nitrogen functional groups attached to an aromatic ring is 1. The molecule has 0 saturated heterocycles. The number of para-hydroxylation sites is 1. The zero-order valence-corrected chi connectivity index (χ0v) is 12.7. The predicted octanol–water partition coefficient (Wildman–Crippen LogP) is 3.15. The summed E-state index contributed by atoms with van der Waals surface area (Å²) in [5.74, 6) is 1.44. The number of benzene rings is 2. The van der Waals surface area contributed by atoms with E-state index in [2.05, 4.69) is 0 Å². The van der Waals surface area contributed by atoms with E-state index < -0.39 is 0 Å². The van der Waals surface area contributed by atoms with Crippen LogP contribution in [0.3, 0.4) is 0 Å². The summed E-state index contributed by atoms with van der Waals surface area (Å²) in [5, 5.41) is 7.69. The summed E-state index contributed by atoms with van der Waals surface area (Å²) < 4.78 is 11.3. The Morgan fingerprint density at radius 1 is 1.05 bits per heavy atom. The summed E-state index contributed by atoms with van der Waals surface area (Å²) >= 11 is 1.54. The summed E-state index contributed by atoms with van der Waals surface area (Å²) in [7, 11) is 0. The lowest BCUT2D eigenvalue weighted by atomic mass is 10.2. The Kier molecular flexibility index (Phi) is 5.51. The lowest BCUT2D eigenvalue weighted by molar-refractivity contribution is 0.216. The molecular weight excluding hydrogens is 284 g/mol. The van der Waals surface area contributed by atoms with Crippen LogP contribution in [-0.4, -0.2) is 25.3 Å². The van der Waals surface area contributed by atoms with Crippen molar-refractivity contribution in [2.24, 2.45) is 5.73 Å².